The Hall–Kier alpha value is -11.6. The van der Waals surface area contributed by atoms with Crippen LogP contribution in [0.2, 0.25) is 0 Å². The summed E-state index contributed by atoms with van der Waals surface area (Å²) in [5, 5.41) is 39.3. The standard InChI is InChI=1S/C30H33N7O2.C16H12N4O.C15H25N3O2.C14H18BNO3.C8H6BrN3/c1-5-36(6-2)15-14-31-30(39)28-19(3)26(32-20(28)4)17-24-23-16-22(12-13-25(23)33-29(24)38)37-18-27(34-35-37)21-10-8-7-9-11-21;21-16-9-12-8-13(6-7-14(12)17-16)20-10-15(18-19-20)11-4-2-1-3-5-11;1-6-18(5,7-2)9-8-16-15(20)14-11(3)13(10-19)17-12(14)4;1-13(2)14(3,4)19-15(18-13)10-5-6-11-9(7-10)8-12(17)16-11;9-12-6-8(10-11-12)7-4-2-1-3-5-7/h7-13,16-18,32H,5-6,14-15H2,1-4H3,(H,31,39)(H,33,38);1-8,10H,9H2,(H,17,21);10H,6-9H2,1-5H3,(H-,16,17,19,20);5-7H,8H2,1-4H3,(H,16,17);1-6H/p+1/b24-17-;;;;. The molecule has 4 aliphatic rings. The van der Waals surface area contributed by atoms with E-state index in [1.165, 1.54) is 3.71 Å². The van der Waals surface area contributed by atoms with E-state index in [2.05, 4.69) is 123 Å². The second kappa shape index (κ2) is 35.4. The molecule has 0 spiro atoms. The lowest BCUT2D eigenvalue weighted by Gasteiger charge is -2.32. The van der Waals surface area contributed by atoms with E-state index in [0.29, 0.717) is 48.3 Å². The van der Waals surface area contributed by atoms with Gasteiger partial charge in [-0.05, 0) is 159 Å². The molecule has 0 atom stereocenters. The molecule has 28 heteroatoms. The zero-order valence-electron chi connectivity index (χ0n) is 65.0. The number of rotatable bonds is 20. The Kier molecular flexibility index (Phi) is 25.7. The lowest BCUT2D eigenvalue weighted by molar-refractivity contribution is -0.904. The monoisotopic (exact) mass is 1560 g/mol. The largest absolute Gasteiger partial charge is 0.494 e. The van der Waals surface area contributed by atoms with Gasteiger partial charge in [-0.25, -0.2) is 9.36 Å². The van der Waals surface area contributed by atoms with Crippen molar-refractivity contribution in [1.29, 1.82) is 0 Å². The van der Waals surface area contributed by atoms with Crippen LogP contribution in [0.5, 0.6) is 0 Å². The summed E-state index contributed by atoms with van der Waals surface area (Å²) in [4.78, 5) is 80.3. The summed E-state index contributed by atoms with van der Waals surface area (Å²) < 4.78 is 17.9. The van der Waals surface area contributed by atoms with E-state index >= 15 is 0 Å². The maximum absolute atomic E-state index is 13.0. The van der Waals surface area contributed by atoms with Gasteiger partial charge in [0.15, 0.2) is 6.29 Å². The van der Waals surface area contributed by atoms with Crippen LogP contribution in [-0.2, 0) is 36.5 Å². The van der Waals surface area contributed by atoms with E-state index in [1.807, 2.05) is 219 Å². The minimum absolute atomic E-state index is 0.0331. The number of benzene rings is 6. The molecule has 15 rings (SSSR count). The Morgan fingerprint density at radius 3 is 1.53 bits per heavy atom. The lowest BCUT2D eigenvalue weighted by atomic mass is 9.78. The summed E-state index contributed by atoms with van der Waals surface area (Å²) in [6, 6.07) is 47.0. The third-order valence-corrected chi connectivity index (χ3v) is 21.2. The van der Waals surface area contributed by atoms with Crippen molar-refractivity contribution in [3.05, 3.63) is 226 Å². The molecule has 4 aliphatic heterocycles. The molecule has 26 nitrogen and oxygen atoms in total. The van der Waals surface area contributed by atoms with Gasteiger partial charge in [-0.1, -0.05) is 133 Å². The van der Waals surface area contributed by atoms with Crippen LogP contribution in [-0.4, -0.2) is 177 Å². The fourth-order valence-electron chi connectivity index (χ4n) is 13.1. The van der Waals surface area contributed by atoms with Gasteiger partial charge in [0.05, 0.1) is 126 Å². The first-order valence-electron chi connectivity index (χ1n) is 37.2. The fraction of sp³-hybridized carbons (Fsp3) is 0.301. The Morgan fingerprint density at radius 2 is 1.05 bits per heavy atom. The molecule has 0 bridgehead atoms. The number of nitrogens with zero attached hydrogens (tertiary/aromatic N) is 11. The number of aromatic amines is 2. The minimum Gasteiger partial charge on any atom is -0.399 e. The van der Waals surface area contributed by atoms with Crippen molar-refractivity contribution < 1.29 is 42.6 Å². The molecule has 5 aromatic heterocycles. The molecule has 0 aliphatic carbocycles. The number of likely N-dealkylation sites (N-methyl/N-ethyl adjacent to an activating group) is 2. The maximum Gasteiger partial charge on any atom is 0.494 e. The zero-order chi connectivity index (χ0) is 79.3. The molecular formula is C83H95BBrN18O8+. The molecule has 1 saturated heterocycles. The molecule has 574 valence electrons. The van der Waals surface area contributed by atoms with Gasteiger partial charge in [0.1, 0.15) is 17.1 Å². The highest BCUT2D eigenvalue weighted by Crippen LogP contribution is 2.38. The van der Waals surface area contributed by atoms with Crippen LogP contribution in [0, 0.1) is 27.7 Å². The van der Waals surface area contributed by atoms with Crippen molar-refractivity contribution in [2.75, 3.05) is 75.4 Å². The van der Waals surface area contributed by atoms with Gasteiger partial charge in [-0.2, -0.15) is 3.71 Å². The second-order valence-electron chi connectivity index (χ2n) is 28.7. The molecule has 7 N–H and O–H groups in total. The second-order valence-corrected chi connectivity index (χ2v) is 29.4. The number of carbonyl (C=O) groups is 6. The first kappa shape index (κ1) is 80.5. The molecule has 111 heavy (non-hydrogen) atoms. The third-order valence-electron chi connectivity index (χ3n) is 20.9. The summed E-state index contributed by atoms with van der Waals surface area (Å²) >= 11 is 3.17. The molecule has 6 aromatic carbocycles. The van der Waals surface area contributed by atoms with E-state index in [4.69, 9.17) is 9.31 Å². The van der Waals surface area contributed by atoms with E-state index < -0.39 is 0 Å². The molecule has 0 saturated carbocycles. The summed E-state index contributed by atoms with van der Waals surface area (Å²) in [5.41, 5.74) is 18.8. The molecule has 9 heterocycles. The van der Waals surface area contributed by atoms with E-state index in [-0.39, 0.29) is 47.9 Å². The highest BCUT2D eigenvalue weighted by atomic mass is 79.9. The van der Waals surface area contributed by atoms with E-state index in [9.17, 15) is 28.8 Å². The smallest absolute Gasteiger partial charge is 0.399 e. The molecule has 0 radical (unpaired) electrons. The van der Waals surface area contributed by atoms with Gasteiger partial charge >= 0.3 is 7.12 Å². The summed E-state index contributed by atoms with van der Waals surface area (Å²) in [5.74, 6) is -0.338. The van der Waals surface area contributed by atoms with Gasteiger partial charge in [0, 0.05) is 69.5 Å². The first-order valence-corrected chi connectivity index (χ1v) is 37.9. The number of aryl methyl sites for hydroxylation is 2. The van der Waals surface area contributed by atoms with Crippen molar-refractivity contribution in [2.45, 2.75) is 107 Å². The Morgan fingerprint density at radius 1 is 0.586 bits per heavy atom. The van der Waals surface area contributed by atoms with Crippen LogP contribution in [0.15, 0.2) is 164 Å². The number of aldehydes is 1. The van der Waals surface area contributed by atoms with Gasteiger partial charge in [-0.3, -0.25) is 28.8 Å². The number of fused-ring (bicyclic) bond motifs is 3. The van der Waals surface area contributed by atoms with Crippen LogP contribution in [0.1, 0.15) is 131 Å². The number of anilines is 3. The summed E-state index contributed by atoms with van der Waals surface area (Å²) in [6.45, 7) is 31.0. The zero-order valence-corrected chi connectivity index (χ0v) is 66.5. The predicted octanol–water partition coefficient (Wildman–Crippen LogP) is 12.1. The van der Waals surface area contributed by atoms with Crippen LogP contribution >= 0.6 is 16.1 Å². The van der Waals surface area contributed by atoms with E-state index in [1.54, 1.807) is 16.3 Å². The first-order chi connectivity index (χ1) is 53.2. The Labute approximate surface area is 655 Å². The van der Waals surface area contributed by atoms with E-state index in [0.717, 1.165) is 163 Å². The van der Waals surface area contributed by atoms with Crippen LogP contribution in [0.3, 0.4) is 0 Å². The summed E-state index contributed by atoms with van der Waals surface area (Å²) in [6.07, 6.45) is 8.99. The molecule has 5 amide bonds. The average Bonchev–Trinajstić information content (AvgIpc) is 1.62. The number of hydrogen-bond acceptors (Lipinski definition) is 15. The highest BCUT2D eigenvalue weighted by Gasteiger charge is 2.52. The normalized spacial score (nSPS) is 14.4. The van der Waals surface area contributed by atoms with Crippen LogP contribution < -0.4 is 32.0 Å². The molecule has 0 unspecified atom stereocenters. The van der Waals surface area contributed by atoms with Gasteiger partial charge < -0.3 is 55.2 Å². The Bertz CT molecular complexity index is 5180. The Balaban J connectivity index is 0.000000146. The minimum atomic E-state index is -0.369. The number of carbonyl (C=O) groups excluding carboxylic acids is 6. The SMILES string of the molecule is Brn1cc(-c2ccccc2)nn1.CC1(C)OB(c2ccc3c(c2)CC(=O)N3)OC1(C)C.CCN(CC)CCNC(=O)c1c(C)[nH]c(/C=C2\C(=O)Nc3ccc(-n4cc(-c5ccccc5)nn4)cc32)c1C.CC[N+](C)(CC)CCNC(=O)c1c(C)[nH]c(C=O)c1C.O=C1Cc2cc(-n3cc(-c4ccccc4)nn3)ccc2N1. The number of halogens is 1. The number of aromatic nitrogens is 11. The fourth-order valence-corrected chi connectivity index (χ4v) is 13.4. The van der Waals surface area contributed by atoms with Crippen molar-refractivity contribution in [3.8, 4) is 45.1 Å². The predicted molar refractivity (Wildman–Crippen MR) is 437 cm³/mol. The number of amides is 5. The topological polar surface area (TPSA) is 308 Å². The van der Waals surface area contributed by atoms with Gasteiger partial charge in [0.25, 0.3) is 17.7 Å². The maximum atomic E-state index is 13.0. The molecule has 11 aromatic rings. The quantitative estimate of drug-likeness (QED) is 0.0161. The molecular weight excluding hydrogens is 1470 g/mol. The van der Waals surface area contributed by atoms with Crippen LogP contribution in [0.4, 0.5) is 17.1 Å². The summed E-state index contributed by atoms with van der Waals surface area (Å²) in [7, 11) is 1.81. The van der Waals surface area contributed by atoms with Crippen molar-refractivity contribution in [2.24, 2.45) is 0 Å². The van der Waals surface area contributed by atoms with Gasteiger partial charge in [-0.15, -0.1) is 15.3 Å². The number of nitrogens with one attached hydrogen (secondary N) is 7. The number of quaternary nitrogens is 1. The highest BCUT2D eigenvalue weighted by molar-refractivity contribution is 9.08. The average molecular weight is 1560 g/mol. The van der Waals surface area contributed by atoms with Crippen LogP contribution in [0.25, 0.3) is 56.8 Å². The molecule has 1 fully saturated rings. The van der Waals surface area contributed by atoms with Gasteiger partial charge in [0.2, 0.25) is 11.8 Å². The lowest BCUT2D eigenvalue weighted by Crippen LogP contribution is -2.48. The van der Waals surface area contributed by atoms with Crippen molar-refractivity contribution in [3.63, 3.8) is 0 Å². The van der Waals surface area contributed by atoms with Crippen molar-refractivity contribution >= 4 is 93.3 Å². The number of H-pyrrole nitrogens is 2. The van der Waals surface area contributed by atoms with Crippen molar-refractivity contribution in [1.82, 2.24) is 69.5 Å². The third kappa shape index (κ3) is 19.2. The number of hydrogen-bond donors (Lipinski definition) is 7.